The molecular weight excluding hydrogens is 296 g/mol. The summed E-state index contributed by atoms with van der Waals surface area (Å²) < 4.78 is 23.1. The third-order valence-corrected chi connectivity index (χ3v) is 6.61. The zero-order chi connectivity index (χ0) is 15.2. The second kappa shape index (κ2) is 4.80. The molecule has 5 nitrogen and oxygen atoms in total. The predicted octanol–water partition coefficient (Wildman–Crippen LogP) is 1.75. The quantitative estimate of drug-likeness (QED) is 0.902. The van der Waals surface area contributed by atoms with Gasteiger partial charge in [0.15, 0.2) is 9.84 Å². The Hall–Kier alpha value is -0.950. The molecule has 1 aliphatic rings. The summed E-state index contributed by atoms with van der Waals surface area (Å²) in [7, 11) is -3.03. The molecule has 112 valence electrons. The molecular formula is C13H20N2O3S2. The van der Waals surface area contributed by atoms with Crippen LogP contribution in [-0.2, 0) is 15.3 Å². The Morgan fingerprint density at radius 3 is 2.55 bits per heavy atom. The zero-order valence-electron chi connectivity index (χ0n) is 12.2. The van der Waals surface area contributed by atoms with Gasteiger partial charge in [-0.1, -0.05) is 20.8 Å². The molecule has 0 aliphatic carbocycles. The highest BCUT2D eigenvalue weighted by Gasteiger charge is 2.39. The van der Waals surface area contributed by atoms with Crippen molar-refractivity contribution in [1.29, 1.82) is 0 Å². The molecule has 1 aromatic rings. The molecule has 20 heavy (non-hydrogen) atoms. The molecule has 2 heterocycles. The average Bonchev–Trinajstić information content (AvgIpc) is 2.82. The number of hydrogen-bond acceptors (Lipinski definition) is 5. The number of carbonyl (C=O) groups excluding carboxylic acids is 1. The van der Waals surface area contributed by atoms with E-state index in [0.29, 0.717) is 11.3 Å². The Bertz CT molecular complexity index is 628. The number of rotatable bonds is 2. The summed E-state index contributed by atoms with van der Waals surface area (Å²) in [4.78, 5) is 17.0. The number of thiazole rings is 1. The summed E-state index contributed by atoms with van der Waals surface area (Å²) in [6.07, 6.45) is 2.03. The average molecular weight is 316 g/mol. The van der Waals surface area contributed by atoms with E-state index in [4.69, 9.17) is 0 Å². The normalized spacial score (nSPS) is 25.6. The van der Waals surface area contributed by atoms with E-state index >= 15 is 0 Å². The highest BCUT2D eigenvalue weighted by atomic mass is 32.2. The van der Waals surface area contributed by atoms with Gasteiger partial charge in [0.1, 0.15) is 4.88 Å². The van der Waals surface area contributed by atoms with E-state index in [9.17, 15) is 13.2 Å². The van der Waals surface area contributed by atoms with Gasteiger partial charge in [0.05, 0.1) is 28.2 Å². The van der Waals surface area contributed by atoms with Gasteiger partial charge in [-0.25, -0.2) is 13.4 Å². The summed E-state index contributed by atoms with van der Waals surface area (Å²) in [6.45, 7) is 7.90. The minimum absolute atomic E-state index is 0.0106. The topological polar surface area (TPSA) is 76.1 Å². The molecule has 7 heteroatoms. The van der Waals surface area contributed by atoms with Crippen molar-refractivity contribution in [3.8, 4) is 0 Å². The van der Waals surface area contributed by atoms with E-state index in [0.717, 1.165) is 5.01 Å². The van der Waals surface area contributed by atoms with Gasteiger partial charge in [-0.15, -0.1) is 11.3 Å². The minimum atomic E-state index is -3.03. The first kappa shape index (κ1) is 15.4. The number of sulfone groups is 1. The highest BCUT2D eigenvalue weighted by Crippen LogP contribution is 2.28. The van der Waals surface area contributed by atoms with Gasteiger partial charge in [0.25, 0.3) is 5.91 Å². The molecule has 1 saturated heterocycles. The molecule has 1 aliphatic heterocycles. The molecule has 0 saturated carbocycles. The molecule has 1 fully saturated rings. The van der Waals surface area contributed by atoms with Gasteiger partial charge in [0.2, 0.25) is 0 Å². The van der Waals surface area contributed by atoms with Crippen LogP contribution in [0.4, 0.5) is 0 Å². The summed E-state index contributed by atoms with van der Waals surface area (Å²) in [6, 6.07) is 0. The Balaban J connectivity index is 2.12. The molecule has 1 aromatic heterocycles. The maximum absolute atomic E-state index is 12.2. The van der Waals surface area contributed by atoms with Crippen molar-refractivity contribution in [1.82, 2.24) is 10.3 Å². The highest BCUT2D eigenvalue weighted by molar-refractivity contribution is 7.91. The molecule has 0 spiro atoms. The molecule has 1 N–H and O–H groups in total. The number of carbonyl (C=O) groups is 1. The summed E-state index contributed by atoms with van der Waals surface area (Å²) in [5.41, 5.74) is -0.758. The maximum Gasteiger partial charge on any atom is 0.263 e. The van der Waals surface area contributed by atoms with Crippen LogP contribution in [0.1, 0.15) is 48.8 Å². The Kier molecular flexibility index (Phi) is 3.71. The molecule has 0 aromatic carbocycles. The van der Waals surface area contributed by atoms with Crippen molar-refractivity contribution in [2.75, 3.05) is 11.5 Å². The molecule has 1 atom stereocenters. The van der Waals surface area contributed by atoms with Crippen molar-refractivity contribution in [2.45, 2.75) is 45.1 Å². The van der Waals surface area contributed by atoms with Crippen molar-refractivity contribution >= 4 is 27.1 Å². The number of aromatic nitrogens is 1. The lowest BCUT2D eigenvalue weighted by atomic mass is 9.98. The van der Waals surface area contributed by atoms with Crippen LogP contribution in [0.5, 0.6) is 0 Å². The molecule has 2 rings (SSSR count). The van der Waals surface area contributed by atoms with Crippen LogP contribution < -0.4 is 5.32 Å². The molecule has 0 radical (unpaired) electrons. The lowest BCUT2D eigenvalue weighted by Gasteiger charge is -2.23. The zero-order valence-corrected chi connectivity index (χ0v) is 13.8. The van der Waals surface area contributed by atoms with Crippen LogP contribution in [0.3, 0.4) is 0 Å². The summed E-state index contributed by atoms with van der Waals surface area (Å²) in [5, 5.41) is 3.74. The van der Waals surface area contributed by atoms with Crippen LogP contribution in [0.15, 0.2) is 6.20 Å². The minimum Gasteiger partial charge on any atom is -0.345 e. The Morgan fingerprint density at radius 1 is 1.45 bits per heavy atom. The van der Waals surface area contributed by atoms with E-state index in [-0.39, 0.29) is 22.8 Å². The van der Waals surface area contributed by atoms with E-state index in [1.54, 1.807) is 13.1 Å². The Morgan fingerprint density at radius 2 is 2.10 bits per heavy atom. The fraction of sp³-hybridized carbons (Fsp3) is 0.692. The molecule has 1 unspecified atom stereocenters. The van der Waals surface area contributed by atoms with E-state index in [2.05, 4.69) is 10.3 Å². The second-order valence-corrected chi connectivity index (χ2v) is 9.85. The first-order valence-corrected chi connectivity index (χ1v) is 9.14. The number of nitrogens with one attached hydrogen (secondary N) is 1. The molecule has 1 amide bonds. The lowest BCUT2D eigenvalue weighted by Crippen LogP contribution is -2.46. The monoisotopic (exact) mass is 316 g/mol. The smallest absolute Gasteiger partial charge is 0.263 e. The third kappa shape index (κ3) is 3.38. The fourth-order valence-electron chi connectivity index (χ4n) is 2.17. The largest absolute Gasteiger partial charge is 0.345 e. The lowest BCUT2D eigenvalue weighted by molar-refractivity contribution is 0.0919. The van der Waals surface area contributed by atoms with Gasteiger partial charge < -0.3 is 5.32 Å². The van der Waals surface area contributed by atoms with Crippen molar-refractivity contribution in [3.05, 3.63) is 16.1 Å². The van der Waals surface area contributed by atoms with Crippen molar-refractivity contribution < 1.29 is 13.2 Å². The van der Waals surface area contributed by atoms with Gasteiger partial charge >= 0.3 is 0 Å². The van der Waals surface area contributed by atoms with Crippen molar-refractivity contribution in [2.24, 2.45) is 0 Å². The van der Waals surface area contributed by atoms with E-state index in [1.165, 1.54) is 11.3 Å². The summed E-state index contributed by atoms with van der Waals surface area (Å²) in [5.74, 6) is -0.0891. The number of hydrogen-bond donors (Lipinski definition) is 1. The first-order chi connectivity index (χ1) is 9.01. The maximum atomic E-state index is 12.2. The third-order valence-electron chi connectivity index (χ3n) is 3.29. The fourth-order valence-corrected chi connectivity index (χ4v) is 5.13. The number of amides is 1. The van der Waals surface area contributed by atoms with Crippen LogP contribution >= 0.6 is 11.3 Å². The standard InChI is InChI=1S/C13H20N2O3S2/c1-12(2,3)11-14-7-9(19-11)10(16)15-13(4)5-6-20(17,18)8-13/h7H,5-6,8H2,1-4H3,(H,15,16). The number of nitrogens with zero attached hydrogens (tertiary/aromatic N) is 1. The van der Waals surface area contributed by atoms with Gasteiger partial charge in [-0.05, 0) is 13.3 Å². The molecule has 0 bridgehead atoms. The van der Waals surface area contributed by atoms with Gasteiger partial charge in [-0.3, -0.25) is 4.79 Å². The van der Waals surface area contributed by atoms with Crippen LogP contribution in [0.25, 0.3) is 0 Å². The first-order valence-electron chi connectivity index (χ1n) is 6.50. The van der Waals surface area contributed by atoms with Gasteiger partial charge in [0, 0.05) is 5.41 Å². The van der Waals surface area contributed by atoms with Crippen molar-refractivity contribution in [3.63, 3.8) is 0 Å². The van der Waals surface area contributed by atoms with E-state index < -0.39 is 15.4 Å². The predicted molar refractivity (Wildman–Crippen MR) is 80.0 cm³/mol. The SMILES string of the molecule is CC1(NC(=O)c2cnc(C(C)(C)C)s2)CCS(=O)(=O)C1. The van der Waals surface area contributed by atoms with Gasteiger partial charge in [-0.2, -0.15) is 0 Å². The van der Waals surface area contributed by atoms with E-state index in [1.807, 2.05) is 20.8 Å². The second-order valence-electron chi connectivity index (χ2n) is 6.64. The van der Waals surface area contributed by atoms with Crippen LogP contribution in [0, 0.1) is 0 Å². The van der Waals surface area contributed by atoms with Crippen LogP contribution in [0.2, 0.25) is 0 Å². The van der Waals surface area contributed by atoms with Crippen LogP contribution in [-0.4, -0.2) is 36.4 Å². The Labute approximate surface area is 123 Å². The summed E-state index contributed by atoms with van der Waals surface area (Å²) >= 11 is 1.36.